The van der Waals surface area contributed by atoms with E-state index in [0.29, 0.717) is 36.7 Å². The molecule has 2 heterocycles. The zero-order valence-electron chi connectivity index (χ0n) is 18.0. The number of H-pyrrole nitrogens is 1. The molecule has 1 aromatic carbocycles. The van der Waals surface area contributed by atoms with Gasteiger partial charge in [0.25, 0.3) is 11.5 Å². The number of aromatic nitrogens is 1. The first-order valence-electron chi connectivity index (χ1n) is 10.7. The normalized spacial score (nSPS) is 15.8. The fraction of sp³-hybridized carbons (Fsp3) is 0.348. The van der Waals surface area contributed by atoms with Gasteiger partial charge < -0.3 is 19.9 Å². The van der Waals surface area contributed by atoms with E-state index in [1.54, 1.807) is 23.1 Å². The van der Waals surface area contributed by atoms with E-state index in [4.69, 9.17) is 4.74 Å². The van der Waals surface area contributed by atoms with Crippen LogP contribution in [-0.2, 0) is 27.5 Å². The average molecular weight is 472 g/mol. The van der Waals surface area contributed by atoms with Crippen molar-refractivity contribution in [3.8, 4) is 0 Å². The lowest BCUT2D eigenvalue weighted by molar-refractivity contribution is 0.0935. The molecule has 174 valence electrons. The fourth-order valence-corrected chi connectivity index (χ4v) is 4.55. The molecule has 2 N–H and O–H groups in total. The predicted octanol–water partition coefficient (Wildman–Crippen LogP) is 2.00. The molecule has 1 aliphatic carbocycles. The van der Waals surface area contributed by atoms with Crippen molar-refractivity contribution in [1.29, 1.82) is 0 Å². The van der Waals surface area contributed by atoms with Crippen LogP contribution in [0.25, 0.3) is 0 Å². The van der Waals surface area contributed by atoms with Crippen molar-refractivity contribution in [3.63, 3.8) is 0 Å². The highest BCUT2D eigenvalue weighted by Crippen LogP contribution is 2.29. The lowest BCUT2D eigenvalue weighted by atomic mass is 10.0. The van der Waals surface area contributed by atoms with Gasteiger partial charge in [0.05, 0.1) is 18.0 Å². The maximum atomic E-state index is 12.5. The van der Waals surface area contributed by atoms with Crippen LogP contribution < -0.4 is 10.9 Å². The second-order valence-electron chi connectivity index (χ2n) is 8.15. The van der Waals surface area contributed by atoms with Crippen LogP contribution in [0.1, 0.15) is 34.5 Å². The molecule has 0 atom stereocenters. The molecule has 10 heteroatoms. The van der Waals surface area contributed by atoms with Crippen molar-refractivity contribution in [1.82, 2.24) is 15.2 Å². The second kappa shape index (κ2) is 9.62. The summed E-state index contributed by atoms with van der Waals surface area (Å²) in [5.41, 5.74) is 0.742. The van der Waals surface area contributed by atoms with E-state index in [-0.39, 0.29) is 23.5 Å². The van der Waals surface area contributed by atoms with Gasteiger partial charge in [-0.3, -0.25) is 9.59 Å². The Balaban J connectivity index is 1.37. The van der Waals surface area contributed by atoms with E-state index >= 15 is 0 Å². The van der Waals surface area contributed by atoms with Crippen LogP contribution in [0, 0.1) is 5.92 Å². The molecule has 9 nitrogen and oxygen atoms in total. The Labute approximate surface area is 191 Å². The number of pyridine rings is 1. The van der Waals surface area contributed by atoms with Crippen LogP contribution in [0.15, 0.2) is 57.6 Å². The van der Waals surface area contributed by atoms with Gasteiger partial charge in [-0.2, -0.15) is 0 Å². The third-order valence-corrected chi connectivity index (χ3v) is 7.06. The number of carbonyl (C=O) groups excluding carboxylic acids is 2. The molecule has 1 saturated carbocycles. The van der Waals surface area contributed by atoms with E-state index < -0.39 is 27.4 Å². The minimum absolute atomic E-state index is 0.0684. The van der Waals surface area contributed by atoms with Gasteiger partial charge >= 0.3 is 6.09 Å². The third kappa shape index (κ3) is 5.70. The number of fused-ring (bicyclic) bond motifs is 1. The van der Waals surface area contributed by atoms with E-state index in [1.165, 1.54) is 24.3 Å². The number of hydrogen-bond donors (Lipinski definition) is 2. The molecule has 2 aromatic rings. The largest absolute Gasteiger partial charge is 0.449 e. The zero-order valence-corrected chi connectivity index (χ0v) is 18.8. The van der Waals surface area contributed by atoms with Gasteiger partial charge in [-0.1, -0.05) is 24.3 Å². The summed E-state index contributed by atoms with van der Waals surface area (Å²) in [4.78, 5) is 41.6. The first kappa shape index (κ1) is 22.8. The molecule has 0 unspecified atom stereocenters. The molecule has 0 saturated heterocycles. The number of rotatable bonds is 7. The number of amides is 2. The van der Waals surface area contributed by atoms with Gasteiger partial charge in [0, 0.05) is 30.6 Å². The van der Waals surface area contributed by atoms with Crippen molar-refractivity contribution >= 4 is 21.8 Å². The zero-order chi connectivity index (χ0) is 23.4. The van der Waals surface area contributed by atoms with Gasteiger partial charge in [0.1, 0.15) is 5.56 Å². The van der Waals surface area contributed by atoms with Crippen LogP contribution in [0.5, 0.6) is 0 Å². The summed E-state index contributed by atoms with van der Waals surface area (Å²) in [7, 11) is -3.61. The first-order chi connectivity index (χ1) is 15.8. The Morgan fingerprint density at radius 3 is 2.70 bits per heavy atom. The van der Waals surface area contributed by atoms with Crippen LogP contribution in [0.3, 0.4) is 0 Å². The number of hydrogen-bond acceptors (Lipinski definition) is 6. The quantitative estimate of drug-likeness (QED) is 0.636. The molecule has 1 aromatic heterocycles. The molecular formula is C23H25N3O6S. The molecule has 0 spiro atoms. The minimum Gasteiger partial charge on any atom is -0.449 e. The number of aromatic amines is 1. The maximum Gasteiger partial charge on any atom is 0.410 e. The summed E-state index contributed by atoms with van der Waals surface area (Å²) >= 11 is 0. The molecule has 2 aliphatic rings. The van der Waals surface area contributed by atoms with Crippen molar-refractivity contribution < 1.29 is 22.7 Å². The highest BCUT2D eigenvalue weighted by Gasteiger charge is 2.27. The van der Waals surface area contributed by atoms with Gasteiger partial charge in [-0.05, 0) is 42.5 Å². The molecular weight excluding hydrogens is 446 g/mol. The monoisotopic (exact) mass is 471 g/mol. The third-order valence-electron chi connectivity index (χ3n) is 5.58. The minimum atomic E-state index is -3.61. The Hall–Kier alpha value is -3.40. The fourth-order valence-electron chi connectivity index (χ4n) is 3.51. The lowest BCUT2D eigenvalue weighted by Gasteiger charge is -2.28. The molecule has 1 fully saturated rings. The SMILES string of the molecule is O=C(NC/C=C/S(=O)(=O)c1ccccc1)c1cc2c([nH]c1=O)CCN(C(=O)OCC1CC1)C2. The summed E-state index contributed by atoms with van der Waals surface area (Å²) in [6, 6.07) is 9.41. The Kier molecular flexibility index (Phi) is 6.64. The summed E-state index contributed by atoms with van der Waals surface area (Å²) in [6.07, 6.45) is 3.55. The predicted molar refractivity (Wildman–Crippen MR) is 120 cm³/mol. The number of nitrogens with one attached hydrogen (secondary N) is 2. The topological polar surface area (TPSA) is 126 Å². The van der Waals surface area contributed by atoms with Gasteiger partial charge in [0.15, 0.2) is 9.84 Å². The summed E-state index contributed by atoms with van der Waals surface area (Å²) < 4.78 is 29.8. The molecule has 0 radical (unpaired) electrons. The highest BCUT2D eigenvalue weighted by molar-refractivity contribution is 7.94. The highest BCUT2D eigenvalue weighted by atomic mass is 32.2. The molecule has 33 heavy (non-hydrogen) atoms. The number of nitrogens with zero attached hydrogens (tertiary/aromatic N) is 1. The number of sulfone groups is 1. The average Bonchev–Trinajstić information content (AvgIpc) is 3.64. The molecule has 1 aliphatic heterocycles. The van der Waals surface area contributed by atoms with Gasteiger partial charge in [0.2, 0.25) is 0 Å². The Morgan fingerprint density at radius 2 is 1.97 bits per heavy atom. The summed E-state index contributed by atoms with van der Waals surface area (Å²) in [5.74, 6) is -0.163. The first-order valence-corrected chi connectivity index (χ1v) is 12.3. The van der Waals surface area contributed by atoms with Crippen LogP contribution in [0.4, 0.5) is 4.79 Å². The van der Waals surface area contributed by atoms with Crippen molar-refractivity contribution in [2.75, 3.05) is 19.7 Å². The van der Waals surface area contributed by atoms with E-state index in [9.17, 15) is 22.8 Å². The number of carbonyl (C=O) groups is 2. The maximum absolute atomic E-state index is 12.5. The number of benzene rings is 1. The van der Waals surface area contributed by atoms with E-state index in [1.807, 2.05) is 0 Å². The molecule has 2 amide bonds. The standard InChI is InChI=1S/C23H25N3O6S/c27-21(24-10-4-12-33(30,31)18-5-2-1-3-6-18)19-13-17-14-26(11-9-20(17)25-22(19)28)23(29)32-15-16-7-8-16/h1-6,12-13,16H,7-11,14-15H2,(H,24,27)(H,25,28)/b12-4+. The van der Waals surface area contributed by atoms with E-state index in [0.717, 1.165) is 18.2 Å². The van der Waals surface area contributed by atoms with Crippen LogP contribution in [-0.4, -0.2) is 50.0 Å². The van der Waals surface area contributed by atoms with Crippen molar-refractivity contribution in [3.05, 3.63) is 75.1 Å². The molecule has 0 bridgehead atoms. The van der Waals surface area contributed by atoms with Crippen LogP contribution in [0.2, 0.25) is 0 Å². The van der Waals surface area contributed by atoms with Crippen molar-refractivity contribution in [2.45, 2.75) is 30.7 Å². The Morgan fingerprint density at radius 1 is 1.21 bits per heavy atom. The summed E-state index contributed by atoms with van der Waals surface area (Å²) in [6.45, 7) is 1.03. The van der Waals surface area contributed by atoms with Gasteiger partial charge in [-0.15, -0.1) is 0 Å². The Bertz CT molecular complexity index is 1230. The van der Waals surface area contributed by atoms with Gasteiger partial charge in [-0.25, -0.2) is 13.2 Å². The van der Waals surface area contributed by atoms with E-state index in [2.05, 4.69) is 10.3 Å². The number of ether oxygens (including phenoxy) is 1. The summed E-state index contributed by atoms with van der Waals surface area (Å²) in [5, 5.41) is 3.55. The second-order valence-corrected chi connectivity index (χ2v) is 9.98. The molecule has 4 rings (SSSR count). The van der Waals surface area contributed by atoms with Crippen LogP contribution >= 0.6 is 0 Å². The smallest absolute Gasteiger partial charge is 0.410 e. The van der Waals surface area contributed by atoms with Crippen molar-refractivity contribution in [2.24, 2.45) is 5.92 Å². The lowest BCUT2D eigenvalue weighted by Crippen LogP contribution is -2.39.